The Morgan fingerprint density at radius 3 is 2.63 bits per heavy atom. The first kappa shape index (κ1) is 13.8. The molecule has 0 bridgehead atoms. The average Bonchev–Trinajstić information content (AvgIpc) is 2.42. The van der Waals surface area contributed by atoms with Crippen molar-refractivity contribution in [1.82, 2.24) is 9.88 Å². The summed E-state index contributed by atoms with van der Waals surface area (Å²) < 4.78 is 1.40. The van der Waals surface area contributed by atoms with E-state index >= 15 is 0 Å². The fourth-order valence-corrected chi connectivity index (χ4v) is 2.49. The number of rotatable bonds is 3. The Morgan fingerprint density at radius 2 is 2.05 bits per heavy atom. The second-order valence-corrected chi connectivity index (χ2v) is 5.24. The lowest BCUT2D eigenvalue weighted by Gasteiger charge is -2.27. The minimum atomic E-state index is -0.136. The number of carbonyl (C=O) groups is 1. The number of hydrogen-bond donors (Lipinski definition) is 2. The van der Waals surface area contributed by atoms with Crippen LogP contribution in [0.1, 0.15) is 36.0 Å². The third-order valence-corrected chi connectivity index (χ3v) is 3.79. The van der Waals surface area contributed by atoms with Crippen molar-refractivity contribution in [3.8, 4) is 0 Å². The second kappa shape index (κ2) is 6.02. The normalized spacial score (nSPS) is 23.1. The van der Waals surface area contributed by atoms with Crippen LogP contribution in [0, 0.1) is 5.92 Å². The maximum Gasteiger partial charge on any atom is 0.252 e. The molecule has 1 aliphatic carbocycles. The van der Waals surface area contributed by atoms with Crippen molar-refractivity contribution in [3.05, 3.63) is 34.2 Å². The number of hydrogen-bond acceptors (Lipinski definition) is 3. The van der Waals surface area contributed by atoms with Crippen molar-refractivity contribution in [3.63, 3.8) is 0 Å². The number of nitrogens with zero attached hydrogens (tertiary/aromatic N) is 1. The molecule has 5 heteroatoms. The smallest absolute Gasteiger partial charge is 0.252 e. The lowest BCUT2D eigenvalue weighted by Crippen LogP contribution is -2.38. The highest BCUT2D eigenvalue weighted by Gasteiger charge is 2.22. The number of amides is 1. The molecule has 0 radical (unpaired) electrons. The van der Waals surface area contributed by atoms with E-state index in [1.54, 1.807) is 19.3 Å². The van der Waals surface area contributed by atoms with Gasteiger partial charge < -0.3 is 15.0 Å². The molecular weight excluding hydrogens is 244 g/mol. The summed E-state index contributed by atoms with van der Waals surface area (Å²) in [7, 11) is 1.63. The van der Waals surface area contributed by atoms with E-state index in [9.17, 15) is 9.59 Å². The van der Waals surface area contributed by atoms with E-state index in [1.807, 2.05) is 0 Å². The van der Waals surface area contributed by atoms with Crippen LogP contribution in [0.15, 0.2) is 23.1 Å². The van der Waals surface area contributed by atoms with Gasteiger partial charge in [-0.2, -0.15) is 0 Å². The minimum absolute atomic E-state index is 0.125. The van der Waals surface area contributed by atoms with E-state index in [2.05, 4.69) is 5.32 Å². The first-order chi connectivity index (χ1) is 9.10. The molecule has 0 aromatic carbocycles. The first-order valence-electron chi connectivity index (χ1n) is 6.68. The summed E-state index contributed by atoms with van der Waals surface area (Å²) in [6.07, 6.45) is 5.27. The molecule has 19 heavy (non-hydrogen) atoms. The lowest BCUT2D eigenvalue weighted by atomic mass is 9.86. The molecule has 2 rings (SSSR count). The zero-order valence-corrected chi connectivity index (χ0v) is 11.1. The van der Waals surface area contributed by atoms with Crippen molar-refractivity contribution < 1.29 is 9.90 Å². The van der Waals surface area contributed by atoms with Crippen LogP contribution in [0.3, 0.4) is 0 Å². The molecule has 1 aromatic rings. The van der Waals surface area contributed by atoms with Gasteiger partial charge in [-0.15, -0.1) is 0 Å². The summed E-state index contributed by atoms with van der Waals surface area (Å²) in [5.41, 5.74) is 0.381. The van der Waals surface area contributed by atoms with E-state index in [-0.39, 0.29) is 24.1 Å². The Kier molecular flexibility index (Phi) is 4.37. The summed E-state index contributed by atoms with van der Waals surface area (Å²) in [6.45, 7) is 0.238. The highest BCUT2D eigenvalue weighted by molar-refractivity contribution is 5.94. The van der Waals surface area contributed by atoms with Gasteiger partial charge in [0.2, 0.25) is 5.56 Å². The predicted molar refractivity (Wildman–Crippen MR) is 72.0 cm³/mol. The summed E-state index contributed by atoms with van der Waals surface area (Å²) in [6, 6.07) is 3.13. The Balaban J connectivity index is 1.94. The van der Waals surface area contributed by atoms with E-state index in [0.717, 1.165) is 25.7 Å². The van der Waals surface area contributed by atoms with Gasteiger partial charge in [-0.05, 0) is 37.7 Å². The van der Waals surface area contributed by atoms with Crippen molar-refractivity contribution in [1.29, 1.82) is 0 Å². The van der Waals surface area contributed by atoms with Crippen LogP contribution in [-0.2, 0) is 7.05 Å². The van der Waals surface area contributed by atoms with Crippen LogP contribution in [-0.4, -0.2) is 28.2 Å². The van der Waals surface area contributed by atoms with Crippen LogP contribution in [0.4, 0.5) is 0 Å². The largest absolute Gasteiger partial charge is 0.396 e. The quantitative estimate of drug-likeness (QED) is 0.842. The Labute approximate surface area is 112 Å². The maximum absolute atomic E-state index is 12.1. The molecule has 1 aromatic heterocycles. The summed E-state index contributed by atoms with van der Waals surface area (Å²) >= 11 is 0. The standard InChI is InChI=1S/C14H20N2O3/c1-16-8-11(4-7-13(16)18)14(19)15-12-5-2-10(9-17)3-6-12/h4,7-8,10,12,17H,2-3,5-6,9H2,1H3,(H,15,19). The van der Waals surface area contributed by atoms with Crippen molar-refractivity contribution in [2.75, 3.05) is 6.61 Å². The van der Waals surface area contributed by atoms with Crippen LogP contribution < -0.4 is 10.9 Å². The van der Waals surface area contributed by atoms with Gasteiger partial charge >= 0.3 is 0 Å². The van der Waals surface area contributed by atoms with Gasteiger partial charge in [-0.25, -0.2) is 0 Å². The molecule has 1 heterocycles. The van der Waals surface area contributed by atoms with E-state index < -0.39 is 0 Å². The molecule has 0 unspecified atom stereocenters. The van der Waals surface area contributed by atoms with Crippen molar-refractivity contribution in [2.45, 2.75) is 31.7 Å². The molecule has 1 saturated carbocycles. The summed E-state index contributed by atoms with van der Waals surface area (Å²) in [5.74, 6) is 0.244. The fourth-order valence-electron chi connectivity index (χ4n) is 2.49. The number of carbonyl (C=O) groups excluding carboxylic acids is 1. The number of nitrogens with one attached hydrogen (secondary N) is 1. The molecule has 0 atom stereocenters. The van der Waals surface area contributed by atoms with Gasteiger partial charge in [0.1, 0.15) is 0 Å². The van der Waals surface area contributed by atoms with Gasteiger partial charge in [-0.3, -0.25) is 9.59 Å². The topological polar surface area (TPSA) is 71.3 Å². The molecule has 0 aliphatic heterocycles. The maximum atomic E-state index is 12.1. The number of aryl methyl sites for hydroxylation is 1. The first-order valence-corrected chi connectivity index (χ1v) is 6.68. The molecule has 0 saturated heterocycles. The van der Waals surface area contributed by atoms with E-state index in [1.165, 1.54) is 10.6 Å². The summed E-state index contributed by atoms with van der Waals surface area (Å²) in [4.78, 5) is 23.3. The molecular formula is C14H20N2O3. The predicted octanol–water partition coefficient (Wildman–Crippen LogP) is 0.666. The SMILES string of the molecule is Cn1cc(C(=O)NC2CCC(CO)CC2)ccc1=O. The third-order valence-electron chi connectivity index (χ3n) is 3.79. The zero-order valence-electron chi connectivity index (χ0n) is 11.1. The molecule has 104 valence electrons. The molecule has 0 spiro atoms. The van der Waals surface area contributed by atoms with Crippen LogP contribution in [0.2, 0.25) is 0 Å². The minimum Gasteiger partial charge on any atom is -0.396 e. The summed E-state index contributed by atoms with van der Waals surface area (Å²) in [5, 5.41) is 12.1. The highest BCUT2D eigenvalue weighted by Crippen LogP contribution is 2.23. The van der Waals surface area contributed by atoms with Crippen LogP contribution in [0.5, 0.6) is 0 Å². The van der Waals surface area contributed by atoms with Crippen LogP contribution in [0.25, 0.3) is 0 Å². The number of pyridine rings is 1. The van der Waals surface area contributed by atoms with Crippen molar-refractivity contribution in [2.24, 2.45) is 13.0 Å². The molecule has 1 amide bonds. The molecule has 1 aliphatic rings. The Morgan fingerprint density at radius 1 is 1.37 bits per heavy atom. The van der Waals surface area contributed by atoms with Crippen molar-refractivity contribution >= 4 is 5.91 Å². The number of aromatic nitrogens is 1. The Bertz CT molecular complexity index is 502. The van der Waals surface area contributed by atoms with Gasteiger partial charge in [0, 0.05) is 32.0 Å². The number of aliphatic hydroxyl groups is 1. The lowest BCUT2D eigenvalue weighted by molar-refractivity contribution is 0.0913. The zero-order chi connectivity index (χ0) is 13.8. The van der Waals surface area contributed by atoms with Gasteiger partial charge in [0.05, 0.1) is 5.56 Å². The van der Waals surface area contributed by atoms with E-state index in [4.69, 9.17) is 5.11 Å². The third kappa shape index (κ3) is 3.44. The number of aliphatic hydroxyl groups excluding tert-OH is 1. The molecule has 1 fully saturated rings. The van der Waals surface area contributed by atoms with Gasteiger partial charge in [-0.1, -0.05) is 0 Å². The van der Waals surface area contributed by atoms with Gasteiger partial charge in [0.15, 0.2) is 0 Å². The van der Waals surface area contributed by atoms with Gasteiger partial charge in [0.25, 0.3) is 5.91 Å². The average molecular weight is 264 g/mol. The molecule has 5 nitrogen and oxygen atoms in total. The molecule has 2 N–H and O–H groups in total. The monoisotopic (exact) mass is 264 g/mol. The highest BCUT2D eigenvalue weighted by atomic mass is 16.3. The Hall–Kier alpha value is -1.62. The van der Waals surface area contributed by atoms with Crippen LogP contribution >= 0.6 is 0 Å². The second-order valence-electron chi connectivity index (χ2n) is 5.24. The fraction of sp³-hybridized carbons (Fsp3) is 0.571. The van der Waals surface area contributed by atoms with E-state index in [0.29, 0.717) is 11.5 Å².